The molecule has 0 aliphatic carbocycles. The third-order valence-electron chi connectivity index (χ3n) is 4.18. The highest BCUT2D eigenvalue weighted by Gasteiger charge is 2.39. The molecule has 2 aliphatic heterocycles. The first kappa shape index (κ1) is 17.3. The highest BCUT2D eigenvalue weighted by molar-refractivity contribution is 7.89. The highest BCUT2D eigenvalue weighted by atomic mass is 35.5. The zero-order valence-corrected chi connectivity index (χ0v) is 14.4. The predicted molar refractivity (Wildman–Crippen MR) is 86.9 cm³/mol. The number of rotatable bonds is 2. The first-order chi connectivity index (χ1) is 9.50. The van der Waals surface area contributed by atoms with Gasteiger partial charge in [-0.25, -0.2) is 8.42 Å². The molecule has 0 bridgehead atoms. The standard InChI is InChI=1S/C13H16Cl2N2O2S.ClH/c14-11-2-1-3-12(15)13(11)20(18,19)17-5-4-9-6-16-7-10(9)8-17;/h1-3,9-10,16H,4-8H2;1H. The molecule has 0 spiro atoms. The molecule has 4 nitrogen and oxygen atoms in total. The molecule has 0 aromatic heterocycles. The normalized spacial score (nSPS) is 26.2. The molecule has 3 rings (SSSR count). The van der Waals surface area contributed by atoms with Gasteiger partial charge in [-0.3, -0.25) is 0 Å². The van der Waals surface area contributed by atoms with Gasteiger partial charge >= 0.3 is 0 Å². The number of nitrogens with one attached hydrogen (secondary N) is 1. The maximum Gasteiger partial charge on any atom is 0.246 e. The molecule has 1 aromatic carbocycles. The summed E-state index contributed by atoms with van der Waals surface area (Å²) in [6.07, 6.45) is 0.888. The molecule has 2 heterocycles. The molecule has 2 saturated heterocycles. The van der Waals surface area contributed by atoms with Crippen molar-refractivity contribution in [2.24, 2.45) is 11.8 Å². The van der Waals surface area contributed by atoms with Gasteiger partial charge in [-0.05, 0) is 43.5 Å². The summed E-state index contributed by atoms with van der Waals surface area (Å²) in [5, 5.41) is 3.69. The number of benzene rings is 1. The lowest BCUT2D eigenvalue weighted by atomic mass is 9.90. The van der Waals surface area contributed by atoms with Gasteiger partial charge in [0.15, 0.2) is 0 Å². The van der Waals surface area contributed by atoms with Crippen molar-refractivity contribution in [3.63, 3.8) is 0 Å². The van der Waals surface area contributed by atoms with Crippen molar-refractivity contribution in [2.75, 3.05) is 26.2 Å². The van der Waals surface area contributed by atoms with Crippen molar-refractivity contribution >= 4 is 45.6 Å². The van der Waals surface area contributed by atoms with Crippen LogP contribution in [0.25, 0.3) is 0 Å². The van der Waals surface area contributed by atoms with E-state index in [-0.39, 0.29) is 27.3 Å². The first-order valence-corrected chi connectivity index (χ1v) is 8.84. The molecule has 0 amide bonds. The largest absolute Gasteiger partial charge is 0.316 e. The lowest BCUT2D eigenvalue weighted by Crippen LogP contribution is -2.43. The van der Waals surface area contributed by atoms with E-state index in [0.29, 0.717) is 24.9 Å². The summed E-state index contributed by atoms with van der Waals surface area (Å²) in [7, 11) is -3.62. The molecule has 0 saturated carbocycles. The van der Waals surface area contributed by atoms with Crippen LogP contribution in [0.2, 0.25) is 10.0 Å². The summed E-state index contributed by atoms with van der Waals surface area (Å²) in [6.45, 7) is 2.95. The molecule has 0 radical (unpaired) electrons. The number of hydrogen-bond donors (Lipinski definition) is 1. The maximum atomic E-state index is 12.8. The van der Waals surface area contributed by atoms with Crippen LogP contribution in [0.15, 0.2) is 23.1 Å². The minimum atomic E-state index is -3.62. The van der Waals surface area contributed by atoms with Gasteiger partial charge in [0.05, 0.1) is 10.0 Å². The van der Waals surface area contributed by atoms with E-state index in [1.807, 2.05) is 0 Å². The summed E-state index contributed by atoms with van der Waals surface area (Å²) in [6, 6.07) is 4.77. The van der Waals surface area contributed by atoms with Crippen molar-refractivity contribution in [3.8, 4) is 0 Å². The number of piperidine rings is 1. The van der Waals surface area contributed by atoms with E-state index in [1.54, 1.807) is 18.2 Å². The molecule has 21 heavy (non-hydrogen) atoms. The van der Waals surface area contributed by atoms with Gasteiger partial charge in [0, 0.05) is 13.1 Å². The van der Waals surface area contributed by atoms with E-state index in [2.05, 4.69) is 5.32 Å². The van der Waals surface area contributed by atoms with Crippen LogP contribution in [-0.2, 0) is 10.0 Å². The number of hydrogen-bond acceptors (Lipinski definition) is 3. The minimum Gasteiger partial charge on any atom is -0.316 e. The van der Waals surface area contributed by atoms with Gasteiger partial charge in [-0.1, -0.05) is 29.3 Å². The van der Waals surface area contributed by atoms with Crippen LogP contribution in [-0.4, -0.2) is 38.9 Å². The quantitative estimate of drug-likeness (QED) is 0.869. The minimum absolute atomic E-state index is 0. The van der Waals surface area contributed by atoms with E-state index >= 15 is 0 Å². The molecular formula is C13H17Cl3N2O2S. The summed E-state index contributed by atoms with van der Waals surface area (Å²) >= 11 is 12.1. The summed E-state index contributed by atoms with van der Waals surface area (Å²) in [5.41, 5.74) is 0. The fourth-order valence-electron chi connectivity index (χ4n) is 3.08. The Morgan fingerprint density at radius 1 is 1.14 bits per heavy atom. The Labute approximate surface area is 141 Å². The van der Waals surface area contributed by atoms with Crippen molar-refractivity contribution < 1.29 is 8.42 Å². The molecule has 1 N–H and O–H groups in total. The van der Waals surface area contributed by atoms with Crippen molar-refractivity contribution in [1.29, 1.82) is 0 Å². The molecule has 2 fully saturated rings. The van der Waals surface area contributed by atoms with Crippen LogP contribution < -0.4 is 5.32 Å². The van der Waals surface area contributed by atoms with Crippen LogP contribution >= 0.6 is 35.6 Å². The molecule has 2 aliphatic rings. The Hall–Kier alpha value is -0.0400. The van der Waals surface area contributed by atoms with Gasteiger partial charge in [0.1, 0.15) is 4.90 Å². The van der Waals surface area contributed by atoms with Gasteiger partial charge < -0.3 is 5.32 Å². The molecular weight excluding hydrogens is 355 g/mol. The average molecular weight is 372 g/mol. The SMILES string of the molecule is Cl.O=S(=O)(c1c(Cl)cccc1Cl)N1CCC2CNCC2C1. The monoisotopic (exact) mass is 370 g/mol. The fourth-order valence-corrected chi connectivity index (χ4v) is 5.68. The van der Waals surface area contributed by atoms with Gasteiger partial charge in [0.25, 0.3) is 0 Å². The number of fused-ring (bicyclic) bond motifs is 1. The predicted octanol–water partition coefficient (Wildman–Crippen LogP) is 2.65. The van der Waals surface area contributed by atoms with Gasteiger partial charge in [-0.15, -0.1) is 12.4 Å². The smallest absolute Gasteiger partial charge is 0.246 e. The topological polar surface area (TPSA) is 49.4 Å². The Morgan fingerprint density at radius 3 is 2.43 bits per heavy atom. The van der Waals surface area contributed by atoms with Crippen LogP contribution in [0, 0.1) is 11.8 Å². The highest BCUT2D eigenvalue weighted by Crippen LogP contribution is 2.35. The lowest BCUT2D eigenvalue weighted by Gasteiger charge is -2.33. The fraction of sp³-hybridized carbons (Fsp3) is 0.538. The third-order valence-corrected chi connectivity index (χ3v) is 7.01. The Bertz CT molecular complexity index is 604. The number of sulfonamides is 1. The van der Waals surface area contributed by atoms with E-state index in [1.165, 1.54) is 4.31 Å². The Balaban J connectivity index is 0.00000161. The van der Waals surface area contributed by atoms with E-state index in [0.717, 1.165) is 19.5 Å². The van der Waals surface area contributed by atoms with Crippen LogP contribution in [0.1, 0.15) is 6.42 Å². The van der Waals surface area contributed by atoms with Crippen molar-refractivity contribution in [3.05, 3.63) is 28.2 Å². The van der Waals surface area contributed by atoms with Crippen LogP contribution in [0.4, 0.5) is 0 Å². The second-order valence-electron chi connectivity index (χ2n) is 5.38. The zero-order valence-electron chi connectivity index (χ0n) is 11.3. The second-order valence-corrected chi connectivity index (χ2v) is 8.07. The number of nitrogens with zero attached hydrogens (tertiary/aromatic N) is 1. The van der Waals surface area contributed by atoms with Gasteiger partial charge in [0.2, 0.25) is 10.0 Å². The van der Waals surface area contributed by atoms with Crippen LogP contribution in [0.3, 0.4) is 0 Å². The molecule has 8 heteroatoms. The van der Waals surface area contributed by atoms with Crippen molar-refractivity contribution in [1.82, 2.24) is 9.62 Å². The van der Waals surface area contributed by atoms with E-state index in [9.17, 15) is 8.42 Å². The molecule has 1 aromatic rings. The third kappa shape index (κ3) is 3.19. The van der Waals surface area contributed by atoms with E-state index in [4.69, 9.17) is 23.2 Å². The maximum absolute atomic E-state index is 12.8. The molecule has 2 atom stereocenters. The Morgan fingerprint density at radius 2 is 1.76 bits per heavy atom. The van der Waals surface area contributed by atoms with Crippen LogP contribution in [0.5, 0.6) is 0 Å². The van der Waals surface area contributed by atoms with Crippen molar-refractivity contribution in [2.45, 2.75) is 11.3 Å². The summed E-state index contributed by atoms with van der Waals surface area (Å²) in [4.78, 5) is 0.0349. The molecule has 2 unspecified atom stereocenters. The summed E-state index contributed by atoms with van der Waals surface area (Å²) < 4.78 is 27.0. The first-order valence-electron chi connectivity index (χ1n) is 6.65. The van der Waals surface area contributed by atoms with E-state index < -0.39 is 10.0 Å². The average Bonchev–Trinajstić information content (AvgIpc) is 2.85. The molecule has 118 valence electrons. The Kier molecular flexibility index (Phi) is 5.45. The second kappa shape index (κ2) is 6.60. The number of halogens is 3. The summed E-state index contributed by atoms with van der Waals surface area (Å²) in [5.74, 6) is 0.975. The zero-order chi connectivity index (χ0) is 14.3. The van der Waals surface area contributed by atoms with Gasteiger partial charge in [-0.2, -0.15) is 4.31 Å². The lowest BCUT2D eigenvalue weighted by molar-refractivity contribution is 0.228.